The van der Waals surface area contributed by atoms with Gasteiger partial charge in [-0.3, -0.25) is 0 Å². The van der Waals surface area contributed by atoms with Gasteiger partial charge in [0, 0.05) is 0 Å². The van der Waals surface area contributed by atoms with Crippen LogP contribution < -0.4 is 0 Å². The highest BCUT2D eigenvalue weighted by Crippen LogP contribution is 2.10. The van der Waals surface area contributed by atoms with E-state index >= 15 is 0 Å². The van der Waals surface area contributed by atoms with Crippen molar-refractivity contribution in [1.29, 1.82) is 1.43 Å². The Morgan fingerprint density at radius 2 is 2.00 bits per heavy atom. The van der Waals surface area contributed by atoms with Gasteiger partial charge < -0.3 is 9.85 Å². The lowest BCUT2D eigenvalue weighted by molar-refractivity contribution is 0.0450. The van der Waals surface area contributed by atoms with Crippen LogP contribution >= 0.6 is 0 Å². The summed E-state index contributed by atoms with van der Waals surface area (Å²) in [4.78, 5) is 23.0. The third-order valence-electron chi connectivity index (χ3n) is 1.91. The Bertz CT molecular complexity index is 415. The molecule has 0 atom stereocenters. The van der Waals surface area contributed by atoms with E-state index in [1.54, 1.807) is 12.1 Å². The summed E-state index contributed by atoms with van der Waals surface area (Å²) in [5.41, 5.74) is 0.154. The molecule has 0 aliphatic carbocycles. The molecule has 0 amide bonds. The summed E-state index contributed by atoms with van der Waals surface area (Å²) >= 11 is 0. The minimum absolute atomic E-state index is 0.0382. The number of hydrogen-bond donors (Lipinski definition) is 1. The molecule has 0 spiro atoms. The minimum atomic E-state index is -0.873. The summed E-state index contributed by atoms with van der Waals surface area (Å²) in [5, 5.41) is 3.86. The fraction of sp³-hybridized carbons (Fsp3) is 0.333. The Morgan fingerprint density at radius 1 is 1.38 bits per heavy atom. The van der Waals surface area contributed by atoms with Crippen molar-refractivity contribution in [1.82, 2.24) is 0 Å². The number of aromatic carboxylic acids is 1. The number of carboxylic acids is 1. The predicted octanol–water partition coefficient (Wildman–Crippen LogP) is 2.20. The SMILES string of the molecule is [2H]OC(=O)c1ccccc1C(=O)OCC(C)C. The van der Waals surface area contributed by atoms with Crippen molar-refractivity contribution in [2.75, 3.05) is 6.61 Å². The molecule has 1 aromatic rings. The highest BCUT2D eigenvalue weighted by molar-refractivity contribution is 6.02. The lowest BCUT2D eigenvalue weighted by Crippen LogP contribution is -2.14. The van der Waals surface area contributed by atoms with Crippen molar-refractivity contribution in [2.45, 2.75) is 13.8 Å². The van der Waals surface area contributed by atoms with Gasteiger partial charge >= 0.3 is 11.9 Å². The standard InChI is InChI=1S/C12H14O4/c1-8(2)7-16-12(15)10-6-4-3-5-9(10)11(13)14/h3-6,8H,7H2,1-2H3,(H,13,14)/i/hD. The number of rotatable bonds is 4. The summed E-state index contributed by atoms with van der Waals surface area (Å²) in [6, 6.07) is 6.09. The first kappa shape index (κ1) is 10.7. The van der Waals surface area contributed by atoms with Gasteiger partial charge in [-0.25, -0.2) is 9.59 Å². The van der Waals surface area contributed by atoms with Gasteiger partial charge in [0.1, 0.15) is 0 Å². The van der Waals surface area contributed by atoms with Gasteiger partial charge in [-0.2, -0.15) is 0 Å². The van der Waals surface area contributed by atoms with Gasteiger partial charge in [-0.1, -0.05) is 26.0 Å². The molecule has 4 nitrogen and oxygen atoms in total. The van der Waals surface area contributed by atoms with Crippen molar-refractivity contribution in [3.8, 4) is 0 Å². The van der Waals surface area contributed by atoms with E-state index in [0.29, 0.717) is 0 Å². The molecule has 0 aromatic heterocycles. The molecule has 1 rings (SSSR count). The molecule has 86 valence electrons. The molecule has 0 saturated carbocycles. The van der Waals surface area contributed by atoms with Gasteiger partial charge in [-0.15, -0.1) is 0 Å². The highest BCUT2D eigenvalue weighted by atomic mass is 16.5. The molecule has 0 aliphatic rings. The zero-order valence-electron chi connectivity index (χ0n) is 10.2. The largest absolute Gasteiger partial charge is 0.478 e. The van der Waals surface area contributed by atoms with Gasteiger partial charge in [0.2, 0.25) is 0 Å². The molecule has 0 heterocycles. The van der Waals surface area contributed by atoms with E-state index in [4.69, 9.17) is 6.17 Å². The quantitative estimate of drug-likeness (QED) is 0.795. The molecule has 0 saturated heterocycles. The second-order valence-corrected chi connectivity index (χ2v) is 3.83. The van der Waals surface area contributed by atoms with E-state index in [1.807, 2.05) is 13.8 Å². The second-order valence-electron chi connectivity index (χ2n) is 3.83. The summed E-state index contributed by atoms with van der Waals surface area (Å²) in [6.45, 7) is 4.11. The van der Waals surface area contributed by atoms with Crippen molar-refractivity contribution in [3.05, 3.63) is 35.4 Å². The second kappa shape index (κ2) is 5.30. The van der Waals surface area contributed by atoms with Crippen LogP contribution in [-0.2, 0) is 4.74 Å². The van der Waals surface area contributed by atoms with E-state index in [1.165, 1.54) is 12.1 Å². The summed E-state index contributed by atoms with van der Waals surface area (Å²) in [7, 11) is 0. The maximum atomic E-state index is 11.7. The Morgan fingerprint density at radius 3 is 2.56 bits per heavy atom. The Balaban J connectivity index is 2.89. The fourth-order valence-corrected chi connectivity index (χ4v) is 1.16. The van der Waals surface area contributed by atoms with E-state index in [-0.39, 0.29) is 23.7 Å². The smallest absolute Gasteiger partial charge is 0.339 e. The van der Waals surface area contributed by atoms with E-state index < -0.39 is 11.9 Å². The molecule has 0 unspecified atom stereocenters. The minimum Gasteiger partial charge on any atom is -0.478 e. The Hall–Kier alpha value is -1.84. The van der Waals surface area contributed by atoms with Crippen molar-refractivity contribution in [2.24, 2.45) is 5.92 Å². The molecular weight excluding hydrogens is 208 g/mol. The average molecular weight is 223 g/mol. The zero-order valence-corrected chi connectivity index (χ0v) is 9.23. The number of carbonyl (C=O) groups excluding carboxylic acids is 1. The van der Waals surface area contributed by atoms with Gasteiger partial charge in [-0.05, 0) is 18.1 Å². The van der Waals surface area contributed by atoms with E-state index in [9.17, 15) is 9.59 Å². The topological polar surface area (TPSA) is 63.6 Å². The molecule has 0 fully saturated rings. The lowest BCUT2D eigenvalue weighted by Gasteiger charge is -2.08. The first-order chi connectivity index (χ1) is 8.06. The Labute approximate surface area is 95.3 Å². The number of carboxylic acid groups (broad SMARTS) is 1. The maximum absolute atomic E-state index is 11.7. The third-order valence-corrected chi connectivity index (χ3v) is 1.91. The normalized spacial score (nSPS) is 10.8. The van der Waals surface area contributed by atoms with Crippen LogP contribution in [0, 0.1) is 5.92 Å². The Kier molecular flexibility index (Phi) is 3.53. The third kappa shape index (κ3) is 3.08. The van der Waals surface area contributed by atoms with Crippen LogP contribution in [0.1, 0.15) is 34.6 Å². The van der Waals surface area contributed by atoms with E-state index in [2.05, 4.69) is 5.11 Å². The molecule has 16 heavy (non-hydrogen) atoms. The summed E-state index contributed by atoms with van der Waals surface area (Å²) in [5.74, 6) is -1.24. The summed E-state index contributed by atoms with van der Waals surface area (Å²) in [6.07, 6.45) is 0. The number of hydrogen-bond acceptors (Lipinski definition) is 4. The number of ether oxygens (including phenoxy) is 1. The predicted molar refractivity (Wildman–Crippen MR) is 58.5 cm³/mol. The van der Waals surface area contributed by atoms with Gasteiger partial charge in [0.05, 0.1) is 17.7 Å². The van der Waals surface area contributed by atoms with Crippen molar-refractivity contribution in [3.63, 3.8) is 0 Å². The van der Waals surface area contributed by atoms with Gasteiger partial charge in [0.25, 0.3) is 1.43 Å². The summed E-state index contributed by atoms with van der Waals surface area (Å²) < 4.78 is 11.6. The van der Waals surface area contributed by atoms with Crippen LogP contribution in [0.25, 0.3) is 1.43 Å². The van der Waals surface area contributed by atoms with E-state index in [0.717, 1.165) is 0 Å². The van der Waals surface area contributed by atoms with Crippen LogP contribution in [0.3, 0.4) is 0 Å². The average Bonchev–Trinajstić information content (AvgIpc) is 2.34. The lowest BCUT2D eigenvalue weighted by atomic mass is 10.1. The fourth-order valence-electron chi connectivity index (χ4n) is 1.16. The van der Waals surface area contributed by atoms with Crippen molar-refractivity contribution >= 4 is 11.9 Å². The van der Waals surface area contributed by atoms with Crippen LogP contribution in [0.2, 0.25) is 0 Å². The number of carbonyl (C=O) groups is 2. The molecule has 0 bridgehead atoms. The van der Waals surface area contributed by atoms with Gasteiger partial charge in [0.15, 0.2) is 0 Å². The molecule has 1 N–H and O–H groups in total. The molecule has 4 heteroatoms. The molecule has 0 aliphatic heterocycles. The van der Waals surface area contributed by atoms with Crippen molar-refractivity contribution < 1.29 is 19.4 Å². The number of esters is 1. The monoisotopic (exact) mass is 223 g/mol. The zero-order chi connectivity index (χ0) is 12.8. The molecular formula is C12H14O4. The van der Waals surface area contributed by atoms with Crippen LogP contribution in [0.5, 0.6) is 0 Å². The first-order valence-electron chi connectivity index (χ1n) is 5.40. The number of benzene rings is 1. The maximum Gasteiger partial charge on any atom is 0.339 e. The molecule has 0 radical (unpaired) electrons. The van der Waals surface area contributed by atoms with Crippen LogP contribution in [0.15, 0.2) is 24.3 Å². The van der Waals surface area contributed by atoms with Crippen LogP contribution in [-0.4, -0.2) is 23.7 Å². The van der Waals surface area contributed by atoms with Crippen LogP contribution in [0.4, 0.5) is 0 Å². The first-order valence-corrected chi connectivity index (χ1v) is 5.00. The molecule has 1 aromatic carbocycles. The highest BCUT2D eigenvalue weighted by Gasteiger charge is 2.16.